The maximum absolute atomic E-state index is 13.2. The number of fused-ring (bicyclic) bond motifs is 5. The lowest BCUT2D eigenvalue weighted by atomic mass is 10.1. The first-order valence-electron chi connectivity index (χ1n) is 8.34. The minimum Gasteiger partial charge on any atom is -0.275 e. The molecule has 0 bridgehead atoms. The molecule has 2 aromatic carbocycles. The molecule has 24 heavy (non-hydrogen) atoms. The Morgan fingerprint density at radius 2 is 1.62 bits per heavy atom. The minimum atomic E-state index is -0.352. The second-order valence-corrected chi connectivity index (χ2v) is 6.48. The zero-order valence-electron chi connectivity index (χ0n) is 13.1. The standard InChI is InChI=1S/C19H17N3O2/c23-17-14-9-4-5-10-15(14)22-18(24)16-11-6-12-20(16)19(22)21(17)13-7-2-1-3-8-13/h1-5,7-10,16,19H,6,11-12H2/t16-,19-/m1/s1. The second kappa shape index (κ2) is 4.92. The molecule has 3 aliphatic rings. The number of carbonyl (C=O) groups excluding carboxylic acids is 2. The van der Waals surface area contributed by atoms with Crippen LogP contribution in [0.2, 0.25) is 0 Å². The van der Waals surface area contributed by atoms with Gasteiger partial charge in [-0.3, -0.25) is 24.3 Å². The molecule has 120 valence electrons. The molecule has 5 nitrogen and oxygen atoms in total. The average Bonchev–Trinajstić information content (AvgIpc) is 3.20. The number of benzene rings is 2. The van der Waals surface area contributed by atoms with Gasteiger partial charge >= 0.3 is 0 Å². The molecule has 2 saturated heterocycles. The quantitative estimate of drug-likeness (QED) is 0.811. The van der Waals surface area contributed by atoms with Gasteiger partial charge in [-0.2, -0.15) is 0 Å². The highest BCUT2D eigenvalue weighted by atomic mass is 16.2. The Hall–Kier alpha value is -2.66. The summed E-state index contributed by atoms with van der Waals surface area (Å²) in [6.07, 6.45) is 1.51. The number of hydrogen-bond donors (Lipinski definition) is 0. The predicted molar refractivity (Wildman–Crippen MR) is 90.7 cm³/mol. The van der Waals surface area contributed by atoms with Crippen molar-refractivity contribution >= 4 is 23.2 Å². The van der Waals surface area contributed by atoms with Gasteiger partial charge < -0.3 is 0 Å². The van der Waals surface area contributed by atoms with E-state index in [1.807, 2.05) is 53.4 Å². The van der Waals surface area contributed by atoms with Gasteiger partial charge in [0.25, 0.3) is 5.91 Å². The molecule has 5 rings (SSSR count). The van der Waals surface area contributed by atoms with E-state index in [1.54, 1.807) is 11.0 Å². The highest BCUT2D eigenvalue weighted by Gasteiger charge is 2.55. The summed E-state index contributed by atoms with van der Waals surface area (Å²) in [7, 11) is 0. The molecule has 0 saturated carbocycles. The third-order valence-corrected chi connectivity index (χ3v) is 5.22. The molecular weight excluding hydrogens is 302 g/mol. The number of nitrogens with zero attached hydrogens (tertiary/aromatic N) is 3. The van der Waals surface area contributed by atoms with Crippen molar-refractivity contribution in [2.24, 2.45) is 0 Å². The third kappa shape index (κ3) is 1.67. The van der Waals surface area contributed by atoms with Gasteiger partial charge in [0.15, 0.2) is 6.29 Å². The molecule has 0 aromatic heterocycles. The SMILES string of the molecule is O=C1c2ccccc2N2C(=O)[C@H]3CCCN3[C@@H]2N1c1ccccc1. The minimum absolute atomic E-state index is 0.0431. The molecule has 0 aliphatic carbocycles. The van der Waals surface area contributed by atoms with Crippen LogP contribution in [0, 0.1) is 0 Å². The van der Waals surface area contributed by atoms with Gasteiger partial charge in [0.05, 0.1) is 17.3 Å². The number of hydrogen-bond acceptors (Lipinski definition) is 3. The Morgan fingerprint density at radius 1 is 0.875 bits per heavy atom. The molecule has 0 radical (unpaired) electrons. The topological polar surface area (TPSA) is 43.9 Å². The van der Waals surface area contributed by atoms with Crippen molar-refractivity contribution < 1.29 is 9.59 Å². The molecular formula is C19H17N3O2. The second-order valence-electron chi connectivity index (χ2n) is 6.48. The van der Waals surface area contributed by atoms with Crippen LogP contribution in [0.15, 0.2) is 54.6 Å². The smallest absolute Gasteiger partial charge is 0.263 e. The largest absolute Gasteiger partial charge is 0.275 e. The molecule has 0 N–H and O–H groups in total. The first-order valence-corrected chi connectivity index (χ1v) is 8.34. The number of amides is 2. The van der Waals surface area contributed by atoms with Crippen LogP contribution < -0.4 is 9.80 Å². The maximum atomic E-state index is 13.2. The van der Waals surface area contributed by atoms with Crippen molar-refractivity contribution in [1.82, 2.24) is 4.90 Å². The Bertz CT molecular complexity index is 836. The highest BCUT2D eigenvalue weighted by Crippen LogP contribution is 2.42. The summed E-state index contributed by atoms with van der Waals surface area (Å²) in [4.78, 5) is 32.0. The number of para-hydroxylation sites is 2. The number of anilines is 2. The lowest BCUT2D eigenvalue weighted by molar-refractivity contribution is -0.119. The molecule has 3 aliphatic heterocycles. The van der Waals surface area contributed by atoms with E-state index >= 15 is 0 Å². The first-order chi connectivity index (χ1) is 11.8. The van der Waals surface area contributed by atoms with E-state index < -0.39 is 0 Å². The lowest BCUT2D eigenvalue weighted by Gasteiger charge is -2.42. The summed E-state index contributed by atoms with van der Waals surface area (Å²) in [6.45, 7) is 0.844. The number of rotatable bonds is 1. The summed E-state index contributed by atoms with van der Waals surface area (Å²) in [5.41, 5.74) is 2.15. The lowest BCUT2D eigenvalue weighted by Crippen LogP contribution is -2.58. The van der Waals surface area contributed by atoms with Crippen molar-refractivity contribution in [3.8, 4) is 0 Å². The van der Waals surface area contributed by atoms with Crippen LogP contribution in [0.5, 0.6) is 0 Å². The van der Waals surface area contributed by atoms with E-state index in [1.165, 1.54) is 0 Å². The maximum Gasteiger partial charge on any atom is 0.263 e. The predicted octanol–water partition coefficient (Wildman–Crippen LogP) is 2.44. The van der Waals surface area contributed by atoms with E-state index in [9.17, 15) is 9.59 Å². The van der Waals surface area contributed by atoms with Crippen molar-refractivity contribution in [3.05, 3.63) is 60.2 Å². The summed E-state index contributed by atoms with van der Waals surface area (Å²) in [6, 6.07) is 16.9. The van der Waals surface area contributed by atoms with E-state index in [0.29, 0.717) is 5.56 Å². The molecule has 2 aromatic rings. The Labute approximate surface area is 140 Å². The van der Waals surface area contributed by atoms with Crippen LogP contribution in [-0.4, -0.2) is 35.6 Å². The van der Waals surface area contributed by atoms with Gasteiger partial charge in [-0.25, -0.2) is 0 Å². The van der Waals surface area contributed by atoms with Gasteiger partial charge in [0.2, 0.25) is 5.91 Å². The Kier molecular flexibility index (Phi) is 2.82. The van der Waals surface area contributed by atoms with Crippen LogP contribution in [0.25, 0.3) is 0 Å². The fourth-order valence-corrected chi connectivity index (χ4v) is 4.20. The summed E-state index contributed by atoms with van der Waals surface area (Å²) >= 11 is 0. The van der Waals surface area contributed by atoms with Crippen LogP contribution >= 0.6 is 0 Å². The van der Waals surface area contributed by atoms with E-state index in [2.05, 4.69) is 4.90 Å². The fourth-order valence-electron chi connectivity index (χ4n) is 4.20. The van der Waals surface area contributed by atoms with Gasteiger partial charge in [-0.1, -0.05) is 30.3 Å². The third-order valence-electron chi connectivity index (χ3n) is 5.22. The monoisotopic (exact) mass is 319 g/mol. The van der Waals surface area contributed by atoms with E-state index in [-0.39, 0.29) is 24.1 Å². The van der Waals surface area contributed by atoms with Crippen molar-refractivity contribution in [3.63, 3.8) is 0 Å². The highest BCUT2D eigenvalue weighted by molar-refractivity contribution is 6.17. The van der Waals surface area contributed by atoms with Crippen LogP contribution in [-0.2, 0) is 4.79 Å². The van der Waals surface area contributed by atoms with Crippen LogP contribution in [0.1, 0.15) is 23.2 Å². The van der Waals surface area contributed by atoms with Gasteiger partial charge in [-0.05, 0) is 37.1 Å². The Morgan fingerprint density at radius 3 is 2.46 bits per heavy atom. The fraction of sp³-hybridized carbons (Fsp3) is 0.263. The summed E-state index contributed by atoms with van der Waals surface area (Å²) in [5.74, 6) is 0.0665. The zero-order chi connectivity index (χ0) is 16.3. The molecule has 0 unspecified atom stereocenters. The van der Waals surface area contributed by atoms with Crippen LogP contribution in [0.3, 0.4) is 0 Å². The molecule has 2 fully saturated rings. The van der Waals surface area contributed by atoms with Gasteiger partial charge in [-0.15, -0.1) is 0 Å². The van der Waals surface area contributed by atoms with Crippen molar-refractivity contribution in [2.45, 2.75) is 25.2 Å². The average molecular weight is 319 g/mol. The van der Waals surface area contributed by atoms with E-state index in [4.69, 9.17) is 0 Å². The van der Waals surface area contributed by atoms with Gasteiger partial charge in [0, 0.05) is 12.2 Å². The molecule has 5 heteroatoms. The van der Waals surface area contributed by atoms with Crippen molar-refractivity contribution in [1.29, 1.82) is 0 Å². The molecule has 0 spiro atoms. The van der Waals surface area contributed by atoms with Gasteiger partial charge in [0.1, 0.15) is 0 Å². The molecule has 3 heterocycles. The normalized spacial score (nSPS) is 25.7. The molecule has 2 amide bonds. The van der Waals surface area contributed by atoms with E-state index in [0.717, 1.165) is 30.8 Å². The first kappa shape index (κ1) is 13.7. The zero-order valence-corrected chi connectivity index (χ0v) is 13.1. The molecule has 2 atom stereocenters. The summed E-state index contributed by atoms with van der Waals surface area (Å²) < 4.78 is 0. The summed E-state index contributed by atoms with van der Waals surface area (Å²) in [5, 5.41) is 0. The van der Waals surface area contributed by atoms with Crippen molar-refractivity contribution in [2.75, 3.05) is 16.3 Å². The Balaban J connectivity index is 1.73. The van der Waals surface area contributed by atoms with Crippen LogP contribution in [0.4, 0.5) is 11.4 Å². The number of carbonyl (C=O) groups is 2.